The van der Waals surface area contributed by atoms with Crippen LogP contribution < -0.4 is 5.32 Å². The molecule has 0 unspecified atom stereocenters. The van der Waals surface area contributed by atoms with E-state index in [1.165, 1.54) is 10.3 Å². The second kappa shape index (κ2) is 4.71. The van der Waals surface area contributed by atoms with Crippen LogP contribution >= 0.6 is 27.3 Å². The topological polar surface area (TPSA) is 24.9 Å². The van der Waals surface area contributed by atoms with Gasteiger partial charge in [-0.15, -0.1) is 0 Å². The lowest BCUT2D eigenvalue weighted by molar-refractivity contribution is 1.38. The number of nitrogens with zero attached hydrogens (tertiary/aromatic N) is 1. The SMILES string of the molecule is Cc1c(Br)cccc1Nc1nc2ccccc2s1. The molecular formula is C14H11BrN2S. The number of halogens is 1. The highest BCUT2D eigenvalue weighted by Crippen LogP contribution is 2.31. The lowest BCUT2D eigenvalue weighted by Crippen LogP contribution is -1.92. The molecule has 90 valence electrons. The van der Waals surface area contributed by atoms with E-state index in [2.05, 4.69) is 45.3 Å². The van der Waals surface area contributed by atoms with Crippen molar-refractivity contribution in [1.82, 2.24) is 4.98 Å². The number of rotatable bonds is 2. The summed E-state index contributed by atoms with van der Waals surface area (Å²) in [4.78, 5) is 4.57. The Morgan fingerprint density at radius 3 is 2.78 bits per heavy atom. The number of nitrogens with one attached hydrogen (secondary N) is 1. The second-order valence-corrected chi connectivity index (χ2v) is 5.91. The number of aromatic nitrogens is 1. The average molecular weight is 319 g/mol. The van der Waals surface area contributed by atoms with E-state index in [-0.39, 0.29) is 0 Å². The van der Waals surface area contributed by atoms with Crippen molar-refractivity contribution in [2.45, 2.75) is 6.92 Å². The fraction of sp³-hybridized carbons (Fsp3) is 0.0714. The van der Waals surface area contributed by atoms with Crippen molar-refractivity contribution >= 4 is 48.3 Å². The molecule has 0 amide bonds. The molecule has 0 bridgehead atoms. The first-order valence-corrected chi connectivity index (χ1v) is 7.23. The predicted molar refractivity (Wildman–Crippen MR) is 81.8 cm³/mol. The van der Waals surface area contributed by atoms with E-state index in [9.17, 15) is 0 Å². The largest absolute Gasteiger partial charge is 0.331 e. The Hall–Kier alpha value is -1.39. The third-order valence-electron chi connectivity index (χ3n) is 2.80. The van der Waals surface area contributed by atoms with E-state index < -0.39 is 0 Å². The molecule has 3 aromatic rings. The number of hydrogen-bond acceptors (Lipinski definition) is 3. The van der Waals surface area contributed by atoms with E-state index in [0.29, 0.717) is 0 Å². The van der Waals surface area contributed by atoms with Gasteiger partial charge in [-0.1, -0.05) is 45.5 Å². The molecule has 0 aliphatic carbocycles. The molecule has 18 heavy (non-hydrogen) atoms. The van der Waals surface area contributed by atoms with E-state index >= 15 is 0 Å². The van der Waals surface area contributed by atoms with Gasteiger partial charge in [0.05, 0.1) is 10.2 Å². The Kier molecular flexibility index (Phi) is 3.06. The summed E-state index contributed by atoms with van der Waals surface area (Å²) < 4.78 is 2.31. The molecule has 2 aromatic carbocycles. The minimum Gasteiger partial charge on any atom is -0.331 e. The van der Waals surface area contributed by atoms with Crippen LogP contribution in [0.2, 0.25) is 0 Å². The van der Waals surface area contributed by atoms with Gasteiger partial charge in [-0.2, -0.15) is 0 Å². The first-order chi connectivity index (χ1) is 8.74. The molecule has 2 nitrogen and oxygen atoms in total. The first-order valence-electron chi connectivity index (χ1n) is 5.62. The van der Waals surface area contributed by atoms with E-state index in [4.69, 9.17) is 0 Å². The molecule has 0 aliphatic heterocycles. The van der Waals surface area contributed by atoms with E-state index in [1.807, 2.05) is 30.3 Å². The van der Waals surface area contributed by atoms with E-state index in [0.717, 1.165) is 20.8 Å². The summed E-state index contributed by atoms with van der Waals surface area (Å²) in [5.41, 5.74) is 3.32. The Balaban J connectivity index is 1.99. The number of anilines is 2. The minimum absolute atomic E-state index is 0.928. The zero-order valence-electron chi connectivity index (χ0n) is 9.77. The normalized spacial score (nSPS) is 10.8. The first kappa shape index (κ1) is 11.7. The maximum absolute atomic E-state index is 4.57. The van der Waals surface area contributed by atoms with Gasteiger partial charge >= 0.3 is 0 Å². The molecule has 0 saturated heterocycles. The highest BCUT2D eigenvalue weighted by Gasteiger charge is 2.06. The summed E-state index contributed by atoms with van der Waals surface area (Å²) in [7, 11) is 0. The summed E-state index contributed by atoms with van der Waals surface area (Å²) in [6.07, 6.45) is 0. The Labute approximate surface area is 118 Å². The van der Waals surface area contributed by atoms with Gasteiger partial charge in [0.25, 0.3) is 0 Å². The standard InChI is InChI=1S/C14H11BrN2S/c1-9-10(15)5-4-7-11(9)16-14-17-12-6-2-3-8-13(12)18-14/h2-8H,1H3,(H,16,17). The molecule has 1 aromatic heterocycles. The summed E-state index contributed by atoms with van der Waals surface area (Å²) in [5, 5.41) is 4.31. The molecule has 0 spiro atoms. The summed E-state index contributed by atoms with van der Waals surface area (Å²) >= 11 is 5.21. The third kappa shape index (κ3) is 2.13. The van der Waals surface area contributed by atoms with Crippen LogP contribution in [0.25, 0.3) is 10.2 Å². The Morgan fingerprint density at radius 1 is 1.11 bits per heavy atom. The summed E-state index contributed by atoms with van der Waals surface area (Å²) in [6.45, 7) is 2.08. The number of fused-ring (bicyclic) bond motifs is 1. The fourth-order valence-corrected chi connectivity index (χ4v) is 3.03. The maximum atomic E-state index is 4.57. The monoisotopic (exact) mass is 318 g/mol. The van der Waals surface area contributed by atoms with Crippen LogP contribution in [0, 0.1) is 6.92 Å². The van der Waals surface area contributed by atoms with Crippen LogP contribution in [0.1, 0.15) is 5.56 Å². The molecule has 1 heterocycles. The second-order valence-electron chi connectivity index (χ2n) is 4.02. The van der Waals surface area contributed by atoms with Crippen LogP contribution in [0.15, 0.2) is 46.9 Å². The van der Waals surface area contributed by atoms with Crippen LogP contribution in [0.4, 0.5) is 10.8 Å². The number of benzene rings is 2. The maximum Gasteiger partial charge on any atom is 0.188 e. The molecule has 4 heteroatoms. The predicted octanol–water partition coefficient (Wildman–Crippen LogP) is 5.11. The van der Waals surface area contributed by atoms with Gasteiger partial charge in [0.15, 0.2) is 5.13 Å². The van der Waals surface area contributed by atoms with Crippen molar-refractivity contribution in [2.75, 3.05) is 5.32 Å². The van der Waals surface area contributed by atoms with Gasteiger partial charge in [-0.05, 0) is 36.8 Å². The van der Waals surface area contributed by atoms with Crippen molar-refractivity contribution in [3.63, 3.8) is 0 Å². The summed E-state index contributed by atoms with van der Waals surface area (Å²) in [5.74, 6) is 0. The summed E-state index contributed by atoms with van der Waals surface area (Å²) in [6, 6.07) is 14.3. The zero-order chi connectivity index (χ0) is 12.5. The third-order valence-corrected chi connectivity index (χ3v) is 4.61. The number of thiazole rings is 1. The van der Waals surface area contributed by atoms with Crippen LogP contribution in [0.3, 0.4) is 0 Å². The van der Waals surface area contributed by atoms with Crippen molar-refractivity contribution in [2.24, 2.45) is 0 Å². The number of para-hydroxylation sites is 1. The van der Waals surface area contributed by atoms with Gasteiger partial charge in [0.1, 0.15) is 0 Å². The molecule has 3 rings (SSSR count). The van der Waals surface area contributed by atoms with Gasteiger partial charge in [0.2, 0.25) is 0 Å². The van der Waals surface area contributed by atoms with Gasteiger partial charge in [-0.3, -0.25) is 0 Å². The van der Waals surface area contributed by atoms with Gasteiger partial charge in [0, 0.05) is 10.2 Å². The fourth-order valence-electron chi connectivity index (χ4n) is 1.78. The van der Waals surface area contributed by atoms with Gasteiger partial charge < -0.3 is 5.32 Å². The minimum atomic E-state index is 0.928. The Bertz CT molecular complexity index is 673. The Morgan fingerprint density at radius 2 is 1.94 bits per heavy atom. The zero-order valence-corrected chi connectivity index (χ0v) is 12.2. The van der Waals surface area contributed by atoms with Crippen LogP contribution in [-0.2, 0) is 0 Å². The molecule has 0 radical (unpaired) electrons. The molecule has 0 atom stereocenters. The van der Waals surface area contributed by atoms with E-state index in [1.54, 1.807) is 11.3 Å². The number of hydrogen-bond donors (Lipinski definition) is 1. The van der Waals surface area contributed by atoms with Crippen molar-refractivity contribution < 1.29 is 0 Å². The molecule has 0 saturated carbocycles. The lowest BCUT2D eigenvalue weighted by atomic mass is 10.2. The molecular weight excluding hydrogens is 308 g/mol. The van der Waals surface area contributed by atoms with Crippen molar-refractivity contribution in [1.29, 1.82) is 0 Å². The van der Waals surface area contributed by atoms with Gasteiger partial charge in [-0.25, -0.2) is 4.98 Å². The molecule has 0 fully saturated rings. The smallest absolute Gasteiger partial charge is 0.188 e. The van der Waals surface area contributed by atoms with Crippen molar-refractivity contribution in [3.8, 4) is 0 Å². The van der Waals surface area contributed by atoms with Crippen LogP contribution in [0.5, 0.6) is 0 Å². The molecule has 1 N–H and O–H groups in total. The highest BCUT2D eigenvalue weighted by atomic mass is 79.9. The average Bonchev–Trinajstić information content (AvgIpc) is 2.77. The highest BCUT2D eigenvalue weighted by molar-refractivity contribution is 9.10. The quantitative estimate of drug-likeness (QED) is 0.710. The van der Waals surface area contributed by atoms with Crippen LogP contribution in [-0.4, -0.2) is 4.98 Å². The van der Waals surface area contributed by atoms with Crippen molar-refractivity contribution in [3.05, 3.63) is 52.5 Å². The lowest BCUT2D eigenvalue weighted by Gasteiger charge is -2.07. The molecule has 0 aliphatic rings.